The Bertz CT molecular complexity index is 1580. The number of hydrogen-bond acceptors (Lipinski definition) is 9. The maximum Gasteiger partial charge on any atom is 0.573 e. The Labute approximate surface area is 222 Å². The molecule has 0 radical (unpaired) electrons. The standard InChI is InChI=1S/C25H20F3N3O7S/c1-4-37-24(34)20-18-12-39-22(29-21(32)13-9-16(35-2)11-17(10-13)36-3)19(18)23(33)31(30-20)14-5-7-15(8-6-14)38-25(26,27)28/h5-12H,4H2,1-3H3,(H,29,32). The summed E-state index contributed by atoms with van der Waals surface area (Å²) >= 11 is 0.982. The van der Waals surface area contributed by atoms with Gasteiger partial charge in [-0.05, 0) is 43.3 Å². The molecule has 4 aromatic rings. The fourth-order valence-corrected chi connectivity index (χ4v) is 4.50. The van der Waals surface area contributed by atoms with Gasteiger partial charge in [0, 0.05) is 22.4 Å². The predicted molar refractivity (Wildman–Crippen MR) is 135 cm³/mol. The number of carbonyl (C=O) groups excluding carboxylic acids is 2. The summed E-state index contributed by atoms with van der Waals surface area (Å²) in [6.45, 7) is 1.61. The molecule has 204 valence electrons. The number of ether oxygens (including phenoxy) is 4. The number of amides is 1. The van der Waals surface area contributed by atoms with Crippen LogP contribution in [-0.4, -0.2) is 48.8 Å². The third-order valence-electron chi connectivity index (χ3n) is 5.28. The number of thiophene rings is 1. The number of aromatic nitrogens is 2. The minimum absolute atomic E-state index is 0.0238. The average Bonchev–Trinajstić information content (AvgIpc) is 3.32. The molecular formula is C25H20F3N3O7S. The molecule has 4 rings (SSSR count). The molecule has 0 spiro atoms. The van der Waals surface area contributed by atoms with Gasteiger partial charge < -0.3 is 24.3 Å². The summed E-state index contributed by atoms with van der Waals surface area (Å²) in [7, 11) is 2.86. The van der Waals surface area contributed by atoms with Gasteiger partial charge in [-0.2, -0.15) is 9.78 Å². The number of methoxy groups -OCH3 is 2. The molecule has 2 heterocycles. The van der Waals surface area contributed by atoms with Gasteiger partial charge >= 0.3 is 12.3 Å². The van der Waals surface area contributed by atoms with Crippen molar-refractivity contribution in [2.24, 2.45) is 0 Å². The summed E-state index contributed by atoms with van der Waals surface area (Å²) in [5.74, 6) is -1.20. The number of fused-ring (bicyclic) bond motifs is 1. The van der Waals surface area contributed by atoms with Gasteiger partial charge in [0.15, 0.2) is 5.69 Å². The highest BCUT2D eigenvalue weighted by Crippen LogP contribution is 2.32. The molecular weight excluding hydrogens is 543 g/mol. The number of carbonyl (C=O) groups is 2. The second kappa shape index (κ2) is 11.0. The maximum absolute atomic E-state index is 13.5. The number of nitrogens with one attached hydrogen (secondary N) is 1. The van der Waals surface area contributed by atoms with Crippen molar-refractivity contribution in [1.82, 2.24) is 9.78 Å². The van der Waals surface area contributed by atoms with Gasteiger partial charge in [-0.25, -0.2) is 4.79 Å². The summed E-state index contributed by atoms with van der Waals surface area (Å²) in [5.41, 5.74) is -0.736. The Kier molecular flexibility index (Phi) is 7.76. The molecule has 0 unspecified atom stereocenters. The predicted octanol–water partition coefficient (Wildman–Crippen LogP) is 4.79. The van der Waals surface area contributed by atoms with Crippen molar-refractivity contribution in [1.29, 1.82) is 0 Å². The zero-order valence-corrected chi connectivity index (χ0v) is 21.4. The van der Waals surface area contributed by atoms with E-state index < -0.39 is 29.5 Å². The molecule has 10 nitrogen and oxygen atoms in total. The molecule has 2 aromatic heterocycles. The summed E-state index contributed by atoms with van der Waals surface area (Å²) in [4.78, 5) is 39.3. The van der Waals surface area contributed by atoms with E-state index in [1.54, 1.807) is 13.0 Å². The molecule has 0 saturated carbocycles. The number of esters is 1. The van der Waals surface area contributed by atoms with Crippen LogP contribution in [0.25, 0.3) is 16.5 Å². The van der Waals surface area contributed by atoms with E-state index in [2.05, 4.69) is 15.2 Å². The quantitative estimate of drug-likeness (QED) is 0.304. The van der Waals surface area contributed by atoms with E-state index in [1.165, 1.54) is 43.9 Å². The van der Waals surface area contributed by atoms with E-state index in [4.69, 9.17) is 14.2 Å². The minimum atomic E-state index is -4.90. The second-order valence-corrected chi connectivity index (χ2v) is 8.62. The van der Waals surface area contributed by atoms with Gasteiger partial charge in [0.2, 0.25) is 0 Å². The van der Waals surface area contributed by atoms with E-state index in [-0.39, 0.29) is 39.3 Å². The number of hydrogen-bond donors (Lipinski definition) is 1. The Morgan fingerprint density at radius 2 is 1.67 bits per heavy atom. The van der Waals surface area contributed by atoms with Crippen molar-refractivity contribution in [2.75, 3.05) is 26.1 Å². The molecule has 0 aliphatic carbocycles. The first-order valence-electron chi connectivity index (χ1n) is 11.2. The highest BCUT2D eigenvalue weighted by molar-refractivity contribution is 7.16. The first-order chi connectivity index (χ1) is 18.5. The van der Waals surface area contributed by atoms with E-state index in [1.807, 2.05) is 0 Å². The number of anilines is 1. The molecule has 1 amide bonds. The Hall–Kier alpha value is -4.59. The van der Waals surface area contributed by atoms with Crippen LogP contribution < -0.4 is 25.1 Å². The monoisotopic (exact) mass is 563 g/mol. The van der Waals surface area contributed by atoms with E-state index >= 15 is 0 Å². The fourth-order valence-electron chi connectivity index (χ4n) is 3.57. The van der Waals surface area contributed by atoms with E-state index in [0.717, 1.165) is 28.2 Å². The van der Waals surface area contributed by atoms with E-state index in [9.17, 15) is 27.6 Å². The van der Waals surface area contributed by atoms with Gasteiger partial charge in [0.1, 0.15) is 22.2 Å². The van der Waals surface area contributed by atoms with Crippen LogP contribution in [0.2, 0.25) is 0 Å². The van der Waals surface area contributed by atoms with Crippen LogP contribution in [0.5, 0.6) is 17.2 Å². The van der Waals surface area contributed by atoms with Gasteiger partial charge in [0.05, 0.1) is 31.9 Å². The molecule has 2 aromatic carbocycles. The summed E-state index contributed by atoms with van der Waals surface area (Å²) < 4.78 is 57.8. The Morgan fingerprint density at radius 3 is 2.23 bits per heavy atom. The number of nitrogens with zero attached hydrogens (tertiary/aromatic N) is 2. The first-order valence-corrected chi connectivity index (χ1v) is 12.0. The van der Waals surface area contributed by atoms with Crippen molar-refractivity contribution in [2.45, 2.75) is 13.3 Å². The van der Waals surface area contributed by atoms with Gasteiger partial charge in [0.25, 0.3) is 11.5 Å². The topological polar surface area (TPSA) is 118 Å². The lowest BCUT2D eigenvalue weighted by molar-refractivity contribution is -0.274. The molecule has 39 heavy (non-hydrogen) atoms. The highest BCUT2D eigenvalue weighted by atomic mass is 32.1. The number of benzene rings is 2. The normalized spacial score (nSPS) is 11.2. The van der Waals surface area contributed by atoms with Gasteiger partial charge in [-0.15, -0.1) is 24.5 Å². The largest absolute Gasteiger partial charge is 0.573 e. The van der Waals surface area contributed by atoms with Crippen LogP contribution in [0, 0.1) is 0 Å². The number of rotatable bonds is 8. The van der Waals surface area contributed by atoms with Crippen molar-refractivity contribution in [3.63, 3.8) is 0 Å². The van der Waals surface area contributed by atoms with Crippen LogP contribution in [0.15, 0.2) is 52.6 Å². The second-order valence-electron chi connectivity index (χ2n) is 7.74. The number of alkyl halides is 3. The van der Waals surface area contributed by atoms with Crippen molar-refractivity contribution in [3.05, 3.63) is 69.5 Å². The Morgan fingerprint density at radius 1 is 1.03 bits per heavy atom. The molecule has 0 aliphatic rings. The first kappa shape index (κ1) is 27.4. The lowest BCUT2D eigenvalue weighted by Crippen LogP contribution is -2.25. The van der Waals surface area contributed by atoms with Crippen LogP contribution in [0.3, 0.4) is 0 Å². The van der Waals surface area contributed by atoms with Crippen LogP contribution in [-0.2, 0) is 4.74 Å². The SMILES string of the molecule is CCOC(=O)c1nn(-c2ccc(OC(F)(F)F)cc2)c(=O)c2c(NC(=O)c3cc(OC)cc(OC)c3)scc12. The lowest BCUT2D eigenvalue weighted by Gasteiger charge is -2.12. The third-order valence-corrected chi connectivity index (χ3v) is 6.17. The summed E-state index contributed by atoms with van der Waals surface area (Å²) in [6.07, 6.45) is -4.90. The molecule has 0 saturated heterocycles. The third kappa shape index (κ3) is 5.95. The van der Waals surface area contributed by atoms with Crippen molar-refractivity contribution in [3.8, 4) is 22.9 Å². The van der Waals surface area contributed by atoms with Crippen LogP contribution >= 0.6 is 11.3 Å². The maximum atomic E-state index is 13.5. The molecule has 0 bridgehead atoms. The van der Waals surface area contributed by atoms with Gasteiger partial charge in [-0.3, -0.25) is 9.59 Å². The smallest absolute Gasteiger partial charge is 0.497 e. The van der Waals surface area contributed by atoms with Crippen LogP contribution in [0.1, 0.15) is 27.8 Å². The average molecular weight is 564 g/mol. The van der Waals surface area contributed by atoms with Crippen LogP contribution in [0.4, 0.5) is 18.2 Å². The lowest BCUT2D eigenvalue weighted by atomic mass is 10.1. The molecule has 1 N–H and O–H groups in total. The fraction of sp³-hybridized carbons (Fsp3) is 0.200. The summed E-state index contributed by atoms with van der Waals surface area (Å²) in [6, 6.07) is 8.87. The summed E-state index contributed by atoms with van der Waals surface area (Å²) in [5, 5.41) is 8.46. The number of halogens is 3. The molecule has 0 fully saturated rings. The molecule has 0 aliphatic heterocycles. The molecule has 14 heteroatoms. The van der Waals surface area contributed by atoms with Crippen molar-refractivity contribution < 1.29 is 41.7 Å². The van der Waals surface area contributed by atoms with E-state index in [0.29, 0.717) is 11.5 Å². The minimum Gasteiger partial charge on any atom is -0.497 e. The van der Waals surface area contributed by atoms with Gasteiger partial charge in [-0.1, -0.05) is 0 Å². The zero-order valence-electron chi connectivity index (χ0n) is 20.6. The zero-order chi connectivity index (χ0) is 28.3. The molecule has 0 atom stereocenters. The van der Waals surface area contributed by atoms with Crippen molar-refractivity contribution >= 4 is 39.0 Å². The highest BCUT2D eigenvalue weighted by Gasteiger charge is 2.31. The Balaban J connectivity index is 1.81.